The molecule has 0 aliphatic carbocycles. The summed E-state index contributed by atoms with van der Waals surface area (Å²) in [7, 11) is 0. The topological polar surface area (TPSA) is 127 Å². The Bertz CT molecular complexity index is 1130. The highest BCUT2D eigenvalue weighted by Crippen LogP contribution is 2.36. The van der Waals surface area contributed by atoms with Gasteiger partial charge in [0.25, 0.3) is 0 Å². The number of ether oxygens (including phenoxy) is 1. The molecule has 3 aromatic rings. The molecule has 35 heavy (non-hydrogen) atoms. The number of benzene rings is 1. The summed E-state index contributed by atoms with van der Waals surface area (Å²) >= 11 is 0. The fraction of sp³-hybridized carbons (Fsp3) is 0.458. The normalized spacial score (nSPS) is 21.6. The van der Waals surface area contributed by atoms with Crippen LogP contribution in [0, 0.1) is 0 Å². The first-order chi connectivity index (χ1) is 17.1. The Balaban J connectivity index is 1.14. The molecule has 2 bridgehead atoms. The van der Waals surface area contributed by atoms with Gasteiger partial charge in [0.05, 0.1) is 25.0 Å². The highest BCUT2D eigenvalue weighted by molar-refractivity contribution is 5.92. The van der Waals surface area contributed by atoms with Crippen molar-refractivity contribution < 1.29 is 18.7 Å². The molecule has 2 saturated heterocycles. The van der Waals surface area contributed by atoms with E-state index in [9.17, 15) is 9.59 Å². The molecular formula is C24H29N7O4. The minimum atomic E-state index is -0.374. The van der Waals surface area contributed by atoms with Crippen molar-refractivity contribution in [3.8, 4) is 0 Å². The summed E-state index contributed by atoms with van der Waals surface area (Å²) in [5.41, 5.74) is 1.08. The Kier molecular flexibility index (Phi) is 6.75. The summed E-state index contributed by atoms with van der Waals surface area (Å²) in [6, 6.07) is 11.1. The average molecular weight is 480 g/mol. The Hall–Kier alpha value is -3.73. The first-order valence-electron chi connectivity index (χ1n) is 12.0. The molecule has 2 atom stereocenters. The van der Waals surface area contributed by atoms with Crippen molar-refractivity contribution in [2.24, 2.45) is 0 Å². The van der Waals surface area contributed by atoms with E-state index < -0.39 is 0 Å². The van der Waals surface area contributed by atoms with Crippen molar-refractivity contribution in [2.45, 2.75) is 63.8 Å². The number of nitrogens with zero attached hydrogens (tertiary/aromatic N) is 5. The smallest absolute Gasteiger partial charge is 0.338 e. The van der Waals surface area contributed by atoms with Crippen LogP contribution in [-0.4, -0.2) is 61.8 Å². The molecule has 184 valence electrons. The fourth-order valence-corrected chi connectivity index (χ4v) is 5.08. The highest BCUT2D eigenvalue weighted by Gasteiger charge is 2.41. The number of rotatable bonds is 8. The van der Waals surface area contributed by atoms with Gasteiger partial charge < -0.3 is 19.8 Å². The lowest BCUT2D eigenvalue weighted by Crippen LogP contribution is -2.51. The second-order valence-corrected chi connectivity index (χ2v) is 8.95. The predicted octanol–water partition coefficient (Wildman–Crippen LogP) is 2.81. The Morgan fingerprint density at radius 3 is 2.57 bits per heavy atom. The Morgan fingerprint density at radius 1 is 1.11 bits per heavy atom. The van der Waals surface area contributed by atoms with Gasteiger partial charge in [-0.25, -0.2) is 14.3 Å². The van der Waals surface area contributed by atoms with Gasteiger partial charge in [0, 0.05) is 23.8 Å². The number of piperidine rings is 1. The maximum Gasteiger partial charge on any atom is 0.338 e. The Labute approximate surface area is 202 Å². The van der Waals surface area contributed by atoms with Crippen LogP contribution in [0.3, 0.4) is 0 Å². The number of tetrazole rings is 1. The molecule has 1 aromatic carbocycles. The number of esters is 1. The molecule has 0 unspecified atom stereocenters. The molecular weight excluding hydrogens is 450 g/mol. The minimum absolute atomic E-state index is 0.0988. The van der Waals surface area contributed by atoms with Crippen LogP contribution in [-0.2, 0) is 17.8 Å². The van der Waals surface area contributed by atoms with Crippen molar-refractivity contribution in [2.75, 3.05) is 11.9 Å². The standard InChI is InChI=1S/C24H29N7O4/c1-2-34-23(32)16-5-7-17(8-6-16)25-24(33)26-18-12-19-9-10-20(13-18)30(19)15-22-27-28-29-31(22)14-21-4-3-11-35-21/h3-8,11,18-20H,2,9-10,12-15H2,1H3,(H2,25,26,33)/t19-,20-/m0/s1. The zero-order valence-corrected chi connectivity index (χ0v) is 19.6. The monoisotopic (exact) mass is 479 g/mol. The van der Waals surface area contributed by atoms with E-state index in [-0.39, 0.29) is 18.0 Å². The number of hydrogen-bond acceptors (Lipinski definition) is 8. The van der Waals surface area contributed by atoms with Gasteiger partial charge in [-0.2, -0.15) is 0 Å². The maximum absolute atomic E-state index is 12.6. The van der Waals surface area contributed by atoms with E-state index in [4.69, 9.17) is 9.15 Å². The van der Waals surface area contributed by atoms with Crippen LogP contribution in [0.25, 0.3) is 0 Å². The molecule has 11 heteroatoms. The number of hydrogen-bond donors (Lipinski definition) is 2. The quantitative estimate of drug-likeness (QED) is 0.472. The van der Waals surface area contributed by atoms with Gasteiger partial charge in [0.1, 0.15) is 12.3 Å². The maximum atomic E-state index is 12.6. The summed E-state index contributed by atoms with van der Waals surface area (Å²) in [5.74, 6) is 1.25. The molecule has 11 nitrogen and oxygen atoms in total. The van der Waals surface area contributed by atoms with Gasteiger partial charge in [-0.3, -0.25) is 4.90 Å². The van der Waals surface area contributed by atoms with Crippen LogP contribution in [0.4, 0.5) is 10.5 Å². The van der Waals surface area contributed by atoms with Gasteiger partial charge in [-0.15, -0.1) is 5.10 Å². The molecule has 0 spiro atoms. The van der Waals surface area contributed by atoms with Crippen LogP contribution in [0.5, 0.6) is 0 Å². The lowest BCUT2D eigenvalue weighted by molar-refractivity contribution is 0.0526. The molecule has 2 aromatic heterocycles. The van der Waals surface area contributed by atoms with E-state index in [1.54, 1.807) is 42.1 Å². The summed E-state index contributed by atoms with van der Waals surface area (Å²) in [6.07, 6.45) is 5.60. The number of carbonyl (C=O) groups is 2. The van der Waals surface area contributed by atoms with E-state index >= 15 is 0 Å². The van der Waals surface area contributed by atoms with E-state index in [0.29, 0.717) is 43.0 Å². The zero-order chi connectivity index (χ0) is 24.2. The van der Waals surface area contributed by atoms with Crippen LogP contribution in [0.1, 0.15) is 54.5 Å². The second-order valence-electron chi connectivity index (χ2n) is 8.95. The summed E-state index contributed by atoms with van der Waals surface area (Å²) in [5, 5.41) is 18.2. The summed E-state index contributed by atoms with van der Waals surface area (Å²) in [4.78, 5) is 26.9. The minimum Gasteiger partial charge on any atom is -0.467 e. The molecule has 4 heterocycles. The largest absolute Gasteiger partial charge is 0.467 e. The molecule has 2 aliphatic heterocycles. The molecule has 2 amide bonds. The Morgan fingerprint density at radius 2 is 1.89 bits per heavy atom. The molecule has 0 radical (unpaired) electrons. The van der Waals surface area contributed by atoms with Crippen molar-refractivity contribution in [1.82, 2.24) is 30.4 Å². The third-order valence-corrected chi connectivity index (χ3v) is 6.69. The van der Waals surface area contributed by atoms with Crippen molar-refractivity contribution >= 4 is 17.7 Å². The number of furan rings is 1. The lowest BCUT2D eigenvalue weighted by Gasteiger charge is -2.38. The van der Waals surface area contributed by atoms with Gasteiger partial charge in [-0.05, 0) is 79.4 Å². The number of urea groups is 1. The second kappa shape index (κ2) is 10.3. The van der Waals surface area contributed by atoms with E-state index in [2.05, 4.69) is 31.1 Å². The van der Waals surface area contributed by atoms with Crippen LogP contribution in [0.2, 0.25) is 0 Å². The summed E-state index contributed by atoms with van der Waals surface area (Å²) < 4.78 is 12.2. The number of carbonyl (C=O) groups excluding carboxylic acids is 2. The SMILES string of the molecule is CCOC(=O)c1ccc(NC(=O)NC2C[C@@H]3CC[C@@H](C2)N3Cc2nnnn2Cc2ccco2)cc1. The average Bonchev–Trinajstić information content (AvgIpc) is 3.56. The van der Waals surface area contributed by atoms with Gasteiger partial charge in [-0.1, -0.05) is 0 Å². The van der Waals surface area contributed by atoms with Crippen molar-refractivity contribution in [1.29, 1.82) is 0 Å². The molecule has 2 aliphatic rings. The predicted molar refractivity (Wildman–Crippen MR) is 126 cm³/mol. The molecule has 2 N–H and O–H groups in total. The van der Waals surface area contributed by atoms with Crippen molar-refractivity contribution in [3.05, 3.63) is 59.8 Å². The highest BCUT2D eigenvalue weighted by atomic mass is 16.5. The van der Waals surface area contributed by atoms with E-state index in [1.165, 1.54) is 0 Å². The third kappa shape index (κ3) is 5.35. The van der Waals surface area contributed by atoms with Gasteiger partial charge >= 0.3 is 12.0 Å². The molecule has 5 rings (SSSR count). The number of fused-ring (bicyclic) bond motifs is 2. The van der Waals surface area contributed by atoms with E-state index in [0.717, 1.165) is 37.3 Å². The number of nitrogens with one attached hydrogen (secondary N) is 2. The van der Waals surface area contributed by atoms with Crippen LogP contribution in [0.15, 0.2) is 47.1 Å². The van der Waals surface area contributed by atoms with Crippen molar-refractivity contribution in [3.63, 3.8) is 0 Å². The zero-order valence-electron chi connectivity index (χ0n) is 19.6. The first kappa shape index (κ1) is 23.0. The van der Waals surface area contributed by atoms with Gasteiger partial charge in [0.15, 0.2) is 5.82 Å². The number of aromatic nitrogens is 4. The van der Waals surface area contributed by atoms with Gasteiger partial charge in [0.2, 0.25) is 0 Å². The van der Waals surface area contributed by atoms with Crippen LogP contribution >= 0.6 is 0 Å². The summed E-state index contributed by atoms with van der Waals surface area (Å²) in [6.45, 7) is 3.27. The first-order valence-corrected chi connectivity index (χ1v) is 12.0. The molecule has 2 fully saturated rings. The number of amides is 2. The molecule has 0 saturated carbocycles. The lowest BCUT2D eigenvalue weighted by atomic mass is 9.97. The van der Waals surface area contributed by atoms with Crippen LogP contribution < -0.4 is 10.6 Å². The third-order valence-electron chi connectivity index (χ3n) is 6.69. The fourth-order valence-electron chi connectivity index (χ4n) is 5.08. The van der Waals surface area contributed by atoms with E-state index in [1.807, 2.05) is 12.1 Å². The number of anilines is 1.